The minimum absolute atomic E-state index is 0.263. The molecule has 32 heavy (non-hydrogen) atoms. The SMILES string of the molecule is CC(=O)N[C@@H](Cc1c[nH]c2ccccc12)C(=O)O.Cn1c(=O)c2c(ncn2C)n(C)c1=O. The third kappa shape index (κ3) is 4.31. The molecule has 0 fully saturated rings. The standard InChI is InChI=1S/C13H14N2O3.C8H10N4O2/c1-8(16)15-12(13(17)18)6-9-7-14-11-5-3-2-4-10(9)11;1-10-4-9-6-5(10)7(13)12(3)8(14)11(6)2/h2-5,7,12,14H,6H2,1H3,(H,15,16)(H,17,18);4H,1-3H3/t12-;/m0./s1. The van der Waals surface area contributed by atoms with Crippen LogP contribution in [-0.2, 0) is 37.2 Å². The number of para-hydroxylation sites is 1. The van der Waals surface area contributed by atoms with Crippen molar-refractivity contribution in [1.82, 2.24) is 29.0 Å². The lowest BCUT2D eigenvalue weighted by atomic mass is 10.1. The quantitative estimate of drug-likeness (QED) is 0.416. The van der Waals surface area contributed by atoms with Crippen LogP contribution in [-0.4, -0.2) is 46.7 Å². The van der Waals surface area contributed by atoms with Gasteiger partial charge in [-0.15, -0.1) is 0 Å². The largest absolute Gasteiger partial charge is 0.480 e. The van der Waals surface area contributed by atoms with Crippen molar-refractivity contribution >= 4 is 33.9 Å². The Morgan fingerprint density at radius 3 is 2.50 bits per heavy atom. The van der Waals surface area contributed by atoms with Gasteiger partial charge in [-0.3, -0.25) is 18.7 Å². The number of aromatic nitrogens is 5. The molecule has 11 nitrogen and oxygen atoms in total. The Morgan fingerprint density at radius 1 is 1.16 bits per heavy atom. The summed E-state index contributed by atoms with van der Waals surface area (Å²) in [5.41, 5.74) is 2.02. The molecule has 0 aliphatic carbocycles. The van der Waals surface area contributed by atoms with Gasteiger partial charge in [0.1, 0.15) is 6.04 Å². The maximum atomic E-state index is 11.7. The van der Waals surface area contributed by atoms with Gasteiger partial charge in [0.25, 0.3) is 5.56 Å². The smallest absolute Gasteiger partial charge is 0.332 e. The van der Waals surface area contributed by atoms with Crippen molar-refractivity contribution < 1.29 is 14.7 Å². The van der Waals surface area contributed by atoms with E-state index in [2.05, 4.69) is 15.3 Å². The van der Waals surface area contributed by atoms with Gasteiger partial charge in [-0.05, 0) is 11.6 Å². The van der Waals surface area contributed by atoms with E-state index in [1.807, 2.05) is 24.3 Å². The molecule has 0 bridgehead atoms. The molecule has 0 saturated heterocycles. The fourth-order valence-corrected chi connectivity index (χ4v) is 3.44. The number of amides is 1. The van der Waals surface area contributed by atoms with Crippen LogP contribution in [0.4, 0.5) is 0 Å². The van der Waals surface area contributed by atoms with Crippen LogP contribution >= 0.6 is 0 Å². The van der Waals surface area contributed by atoms with Crippen molar-refractivity contribution in [2.75, 3.05) is 0 Å². The van der Waals surface area contributed by atoms with Crippen LogP contribution in [0.5, 0.6) is 0 Å². The molecule has 3 heterocycles. The van der Waals surface area contributed by atoms with Crippen molar-refractivity contribution in [3.63, 3.8) is 0 Å². The molecule has 168 valence electrons. The number of aromatic amines is 1. The van der Waals surface area contributed by atoms with Crippen molar-refractivity contribution in [3.05, 3.63) is 63.2 Å². The van der Waals surface area contributed by atoms with Crippen LogP contribution < -0.4 is 16.6 Å². The van der Waals surface area contributed by atoms with Crippen LogP contribution in [0.2, 0.25) is 0 Å². The maximum Gasteiger partial charge on any atom is 0.332 e. The first-order valence-corrected chi connectivity index (χ1v) is 9.73. The molecule has 0 unspecified atom stereocenters. The number of aryl methyl sites for hydroxylation is 2. The normalized spacial score (nSPS) is 11.8. The first-order valence-electron chi connectivity index (χ1n) is 9.73. The number of fused-ring (bicyclic) bond motifs is 2. The Morgan fingerprint density at radius 2 is 1.84 bits per heavy atom. The molecule has 0 radical (unpaired) electrons. The number of benzene rings is 1. The van der Waals surface area contributed by atoms with Crippen molar-refractivity contribution in [3.8, 4) is 0 Å². The number of aliphatic carboxylic acids is 1. The number of carbonyl (C=O) groups excluding carboxylic acids is 1. The minimum atomic E-state index is -1.03. The Balaban J connectivity index is 0.000000186. The second-order valence-electron chi connectivity index (χ2n) is 7.39. The van der Waals surface area contributed by atoms with E-state index in [0.717, 1.165) is 21.0 Å². The summed E-state index contributed by atoms with van der Waals surface area (Å²) in [6, 6.07) is 6.75. The van der Waals surface area contributed by atoms with Gasteiger partial charge in [-0.2, -0.15) is 0 Å². The number of nitrogens with one attached hydrogen (secondary N) is 2. The average molecular weight is 440 g/mol. The summed E-state index contributed by atoms with van der Waals surface area (Å²) in [4.78, 5) is 52.3. The van der Waals surface area contributed by atoms with Gasteiger partial charge < -0.3 is 20.0 Å². The Bertz CT molecular complexity index is 1420. The number of carboxylic acid groups (broad SMARTS) is 1. The van der Waals surface area contributed by atoms with Crippen LogP contribution in [0.15, 0.2) is 46.4 Å². The zero-order valence-corrected chi connectivity index (χ0v) is 18.1. The molecule has 1 amide bonds. The van der Waals surface area contributed by atoms with Crippen LogP contribution in [0.3, 0.4) is 0 Å². The molecule has 1 atom stereocenters. The lowest BCUT2D eigenvalue weighted by molar-refractivity contribution is -0.141. The predicted octanol–water partition coefficient (Wildman–Crippen LogP) is 0.270. The fourth-order valence-electron chi connectivity index (χ4n) is 3.44. The second-order valence-corrected chi connectivity index (χ2v) is 7.39. The number of H-pyrrole nitrogens is 1. The van der Waals surface area contributed by atoms with E-state index in [1.54, 1.807) is 24.9 Å². The zero-order valence-electron chi connectivity index (χ0n) is 18.1. The maximum absolute atomic E-state index is 11.7. The van der Waals surface area contributed by atoms with E-state index < -0.39 is 12.0 Å². The van der Waals surface area contributed by atoms with Gasteiger partial charge in [0, 0.05) is 51.6 Å². The molecule has 11 heteroatoms. The molecule has 0 spiro atoms. The third-order valence-electron chi connectivity index (χ3n) is 5.09. The summed E-state index contributed by atoms with van der Waals surface area (Å²) in [5.74, 6) is -1.38. The number of imidazole rings is 1. The number of rotatable bonds is 4. The summed E-state index contributed by atoms with van der Waals surface area (Å²) >= 11 is 0. The number of carbonyl (C=O) groups is 2. The molecule has 4 rings (SSSR count). The number of hydrogen-bond acceptors (Lipinski definition) is 5. The highest BCUT2D eigenvalue weighted by Crippen LogP contribution is 2.19. The van der Waals surface area contributed by atoms with Crippen molar-refractivity contribution in [1.29, 1.82) is 0 Å². The molecule has 4 aromatic rings. The van der Waals surface area contributed by atoms with E-state index in [4.69, 9.17) is 5.11 Å². The lowest BCUT2D eigenvalue weighted by Gasteiger charge is -2.12. The van der Waals surface area contributed by atoms with E-state index >= 15 is 0 Å². The summed E-state index contributed by atoms with van der Waals surface area (Å²) in [6.45, 7) is 1.31. The fraction of sp³-hybridized carbons (Fsp3) is 0.286. The summed E-state index contributed by atoms with van der Waals surface area (Å²) in [6.07, 6.45) is 3.56. The van der Waals surface area contributed by atoms with Crippen LogP contribution in [0.25, 0.3) is 22.1 Å². The van der Waals surface area contributed by atoms with Gasteiger partial charge in [0.05, 0.1) is 6.33 Å². The molecular formula is C21H24N6O5. The van der Waals surface area contributed by atoms with Gasteiger partial charge >= 0.3 is 11.7 Å². The van der Waals surface area contributed by atoms with Gasteiger partial charge in [-0.1, -0.05) is 18.2 Å². The van der Waals surface area contributed by atoms with Crippen LogP contribution in [0.1, 0.15) is 12.5 Å². The van der Waals surface area contributed by atoms with Crippen molar-refractivity contribution in [2.24, 2.45) is 21.1 Å². The number of nitrogens with zero attached hydrogens (tertiary/aromatic N) is 4. The first-order chi connectivity index (χ1) is 15.1. The van der Waals surface area contributed by atoms with E-state index in [0.29, 0.717) is 11.2 Å². The van der Waals surface area contributed by atoms with Gasteiger partial charge in [0.15, 0.2) is 11.2 Å². The second kappa shape index (κ2) is 8.92. The minimum Gasteiger partial charge on any atom is -0.480 e. The highest BCUT2D eigenvalue weighted by Gasteiger charge is 2.20. The predicted molar refractivity (Wildman–Crippen MR) is 118 cm³/mol. The topological polar surface area (TPSA) is 144 Å². The molecule has 0 aliphatic heterocycles. The summed E-state index contributed by atoms with van der Waals surface area (Å²) < 4.78 is 4.04. The summed E-state index contributed by atoms with van der Waals surface area (Å²) in [5, 5.41) is 12.5. The monoisotopic (exact) mass is 440 g/mol. The number of carboxylic acids is 1. The van der Waals surface area contributed by atoms with Crippen molar-refractivity contribution in [2.45, 2.75) is 19.4 Å². The average Bonchev–Trinajstić information content (AvgIpc) is 3.34. The zero-order chi connectivity index (χ0) is 23.6. The van der Waals surface area contributed by atoms with E-state index in [1.165, 1.54) is 24.9 Å². The highest BCUT2D eigenvalue weighted by molar-refractivity contribution is 5.86. The third-order valence-corrected chi connectivity index (χ3v) is 5.09. The van der Waals surface area contributed by atoms with Gasteiger partial charge in [-0.25, -0.2) is 14.6 Å². The first kappa shape index (κ1) is 22.5. The summed E-state index contributed by atoms with van der Waals surface area (Å²) in [7, 11) is 4.77. The Labute approximate surface area is 181 Å². The molecule has 1 aromatic carbocycles. The highest BCUT2D eigenvalue weighted by atomic mass is 16.4. The molecule has 3 N–H and O–H groups in total. The molecular weight excluding hydrogens is 416 g/mol. The lowest BCUT2D eigenvalue weighted by Crippen LogP contribution is -2.41. The van der Waals surface area contributed by atoms with Gasteiger partial charge in [0.2, 0.25) is 5.91 Å². The Kier molecular flexibility index (Phi) is 6.28. The van der Waals surface area contributed by atoms with E-state index in [9.17, 15) is 19.2 Å². The number of hydrogen-bond donors (Lipinski definition) is 3. The van der Waals surface area contributed by atoms with Crippen LogP contribution in [0, 0.1) is 0 Å². The molecule has 0 aliphatic rings. The van der Waals surface area contributed by atoms with E-state index in [-0.39, 0.29) is 23.6 Å². The Hall–Kier alpha value is -4.15. The molecule has 3 aromatic heterocycles. The molecule has 0 saturated carbocycles.